The highest BCUT2D eigenvalue weighted by atomic mass is 79.9. The van der Waals surface area contributed by atoms with Gasteiger partial charge in [0.05, 0.1) is 11.6 Å². The zero-order chi connectivity index (χ0) is 27.8. The lowest BCUT2D eigenvalue weighted by Crippen LogP contribution is -2.39. The molecule has 0 saturated carbocycles. The highest BCUT2D eigenvalue weighted by Gasteiger charge is 2.43. The van der Waals surface area contributed by atoms with Crippen LogP contribution < -0.4 is 9.47 Å². The van der Waals surface area contributed by atoms with Gasteiger partial charge in [-0.15, -0.1) is 0 Å². The molecule has 0 aromatic heterocycles. The zero-order valence-electron chi connectivity index (χ0n) is 23.1. The number of methoxy groups -OCH3 is 1. The molecule has 1 heterocycles. The minimum absolute atomic E-state index is 0.156. The second kappa shape index (κ2) is 11.2. The van der Waals surface area contributed by atoms with Gasteiger partial charge in [-0.1, -0.05) is 49.4 Å². The number of nitrogens with zero attached hydrogens (tertiary/aromatic N) is 1. The van der Waals surface area contributed by atoms with E-state index in [1.165, 1.54) is 5.39 Å². The third-order valence-corrected chi connectivity index (χ3v) is 8.96. The third kappa shape index (κ3) is 4.66. The summed E-state index contributed by atoms with van der Waals surface area (Å²) in [6, 6.07) is 18.5. The van der Waals surface area contributed by atoms with Crippen LogP contribution in [0, 0.1) is 0 Å². The van der Waals surface area contributed by atoms with E-state index in [2.05, 4.69) is 52.0 Å². The second-order valence-corrected chi connectivity index (χ2v) is 11.7. The van der Waals surface area contributed by atoms with Crippen molar-refractivity contribution in [1.29, 1.82) is 0 Å². The van der Waals surface area contributed by atoms with Crippen LogP contribution in [0.25, 0.3) is 10.8 Å². The van der Waals surface area contributed by atoms with Crippen molar-refractivity contribution in [3.63, 3.8) is 0 Å². The van der Waals surface area contributed by atoms with Crippen LogP contribution in [0.3, 0.4) is 0 Å². The van der Waals surface area contributed by atoms with Crippen molar-refractivity contribution in [2.45, 2.75) is 64.4 Å². The number of ketones is 2. The van der Waals surface area contributed by atoms with E-state index >= 15 is 0 Å². The van der Waals surface area contributed by atoms with Crippen molar-refractivity contribution >= 4 is 38.3 Å². The molecule has 5 nitrogen and oxygen atoms in total. The zero-order valence-corrected chi connectivity index (χ0v) is 24.7. The molecule has 3 aromatic rings. The van der Waals surface area contributed by atoms with Gasteiger partial charge in [0.1, 0.15) is 6.61 Å². The number of halogens is 1. The molecule has 6 heteroatoms. The second-order valence-electron chi connectivity index (χ2n) is 10.8. The Kier molecular flexibility index (Phi) is 7.54. The molecular formula is C34H34BrNO4. The van der Waals surface area contributed by atoms with Crippen LogP contribution in [0.15, 0.2) is 81.6 Å². The molecule has 0 fully saturated rings. The molecule has 40 heavy (non-hydrogen) atoms. The molecule has 3 aromatic carbocycles. The summed E-state index contributed by atoms with van der Waals surface area (Å²) in [5.41, 5.74) is 5.80. The molecule has 2 aliphatic carbocycles. The summed E-state index contributed by atoms with van der Waals surface area (Å²) in [5.74, 6) is 1.12. The Morgan fingerprint density at radius 2 is 1.57 bits per heavy atom. The molecule has 0 N–H and O–H groups in total. The summed E-state index contributed by atoms with van der Waals surface area (Å²) in [7, 11) is 1.63. The predicted molar refractivity (Wildman–Crippen MR) is 160 cm³/mol. The fourth-order valence-corrected chi connectivity index (χ4v) is 7.23. The van der Waals surface area contributed by atoms with Crippen molar-refractivity contribution < 1.29 is 19.1 Å². The Balaban J connectivity index is 1.42. The van der Waals surface area contributed by atoms with E-state index in [9.17, 15) is 9.59 Å². The molecule has 0 unspecified atom stereocenters. The first kappa shape index (κ1) is 26.8. The first-order chi connectivity index (χ1) is 19.5. The number of fused-ring (bicyclic) bond motifs is 1. The van der Waals surface area contributed by atoms with Crippen LogP contribution in [0.4, 0.5) is 0 Å². The van der Waals surface area contributed by atoms with E-state index in [0.29, 0.717) is 30.9 Å². The van der Waals surface area contributed by atoms with Gasteiger partial charge in [-0.2, -0.15) is 0 Å². The van der Waals surface area contributed by atoms with Gasteiger partial charge in [-0.05, 0) is 82.1 Å². The molecule has 0 saturated heterocycles. The van der Waals surface area contributed by atoms with Gasteiger partial charge in [0, 0.05) is 47.8 Å². The van der Waals surface area contributed by atoms with Crippen LogP contribution in [0.1, 0.15) is 68.9 Å². The fraction of sp³-hybridized carbons (Fsp3) is 0.353. The lowest BCUT2D eigenvalue weighted by Gasteiger charge is -2.44. The Morgan fingerprint density at radius 1 is 0.900 bits per heavy atom. The molecule has 6 rings (SSSR count). The van der Waals surface area contributed by atoms with E-state index in [4.69, 9.17) is 9.47 Å². The maximum Gasteiger partial charge on any atom is 0.175 e. The molecule has 1 aliphatic heterocycles. The Bertz CT molecular complexity index is 1520. The topological polar surface area (TPSA) is 55.8 Å². The Hall–Kier alpha value is -3.38. The summed E-state index contributed by atoms with van der Waals surface area (Å²) in [5, 5.41) is 2.32. The Morgan fingerprint density at radius 3 is 2.25 bits per heavy atom. The summed E-state index contributed by atoms with van der Waals surface area (Å²) >= 11 is 3.75. The molecule has 0 bridgehead atoms. The van der Waals surface area contributed by atoms with Crippen LogP contribution >= 0.6 is 15.9 Å². The highest BCUT2D eigenvalue weighted by molar-refractivity contribution is 9.10. The van der Waals surface area contributed by atoms with Crippen molar-refractivity contribution in [3.8, 4) is 11.5 Å². The molecule has 0 amide bonds. The number of Topliss-reactive ketones (excluding diaryl/α,β-unsaturated/α-hetero) is 2. The number of hydrogen-bond acceptors (Lipinski definition) is 5. The molecule has 0 atom stereocenters. The van der Waals surface area contributed by atoms with Crippen molar-refractivity contribution in [2.24, 2.45) is 0 Å². The van der Waals surface area contributed by atoms with Crippen molar-refractivity contribution in [1.82, 2.24) is 4.90 Å². The monoisotopic (exact) mass is 599 g/mol. The predicted octanol–water partition coefficient (Wildman–Crippen LogP) is 8.01. The highest BCUT2D eigenvalue weighted by Crippen LogP contribution is 2.51. The SMILES string of the molecule is CCCN1C2=C(C(=O)CCC2)C(c2cc(Br)c(OCc3cccc4ccccc34)c(OC)c2)C2=C1CCCC2=O. The number of hydrogen-bond donors (Lipinski definition) is 0. The van der Waals surface area contributed by atoms with Crippen LogP contribution in [0.2, 0.25) is 0 Å². The van der Waals surface area contributed by atoms with Gasteiger partial charge < -0.3 is 14.4 Å². The first-order valence-electron chi connectivity index (χ1n) is 14.3. The van der Waals surface area contributed by atoms with Crippen LogP contribution in [-0.2, 0) is 16.2 Å². The lowest BCUT2D eigenvalue weighted by molar-refractivity contribution is -0.117. The molecule has 0 spiro atoms. The summed E-state index contributed by atoms with van der Waals surface area (Å²) < 4.78 is 13.0. The quantitative estimate of drug-likeness (QED) is 0.275. The number of carbonyl (C=O) groups excluding carboxylic acids is 2. The number of allylic oxidation sites excluding steroid dienone is 4. The van der Waals surface area contributed by atoms with Gasteiger partial charge in [-0.25, -0.2) is 0 Å². The summed E-state index contributed by atoms with van der Waals surface area (Å²) in [6.07, 6.45) is 5.46. The first-order valence-corrected chi connectivity index (χ1v) is 15.1. The van der Waals surface area contributed by atoms with Crippen molar-refractivity contribution in [3.05, 3.63) is 92.7 Å². The number of benzene rings is 3. The third-order valence-electron chi connectivity index (χ3n) is 8.37. The van der Waals surface area contributed by atoms with Crippen molar-refractivity contribution in [2.75, 3.05) is 13.7 Å². The van der Waals surface area contributed by atoms with Crippen LogP contribution in [-0.4, -0.2) is 30.1 Å². The maximum absolute atomic E-state index is 13.5. The van der Waals surface area contributed by atoms with E-state index in [1.54, 1.807) is 7.11 Å². The van der Waals surface area contributed by atoms with Gasteiger partial charge in [-0.3, -0.25) is 9.59 Å². The Labute approximate surface area is 244 Å². The van der Waals surface area contributed by atoms with Gasteiger partial charge in [0.25, 0.3) is 0 Å². The van der Waals surface area contributed by atoms with E-state index in [-0.39, 0.29) is 17.5 Å². The van der Waals surface area contributed by atoms with Gasteiger partial charge in [0.2, 0.25) is 0 Å². The van der Waals surface area contributed by atoms with Gasteiger partial charge in [0.15, 0.2) is 23.1 Å². The van der Waals surface area contributed by atoms with Gasteiger partial charge >= 0.3 is 0 Å². The minimum Gasteiger partial charge on any atom is -0.493 e. The standard InChI is InChI=1S/C34H34BrNO4/c1-3-17-36-26-13-7-15-28(37)32(26)31(33-27(36)14-8-16-29(33)38)23-18-25(35)34(30(19-23)39-2)40-20-22-11-6-10-21-9-4-5-12-24(21)22/h4-6,9-12,18-19,31H,3,7-8,13-17,20H2,1-2H3. The van der Waals surface area contributed by atoms with E-state index in [1.807, 2.05) is 30.3 Å². The largest absolute Gasteiger partial charge is 0.493 e. The molecule has 0 radical (unpaired) electrons. The summed E-state index contributed by atoms with van der Waals surface area (Å²) in [4.78, 5) is 29.4. The number of ether oxygens (including phenoxy) is 2. The minimum atomic E-state index is -0.379. The fourth-order valence-electron chi connectivity index (χ4n) is 6.66. The van der Waals surface area contributed by atoms with Crippen LogP contribution in [0.5, 0.6) is 11.5 Å². The average Bonchev–Trinajstić information content (AvgIpc) is 2.97. The van der Waals surface area contributed by atoms with E-state index < -0.39 is 0 Å². The molecule has 206 valence electrons. The smallest absolute Gasteiger partial charge is 0.175 e. The number of rotatable bonds is 7. The molecule has 3 aliphatic rings. The van der Waals surface area contributed by atoms with E-state index in [0.717, 1.165) is 82.2 Å². The average molecular weight is 601 g/mol. The molecular weight excluding hydrogens is 566 g/mol. The maximum atomic E-state index is 13.5. The lowest BCUT2D eigenvalue weighted by atomic mass is 9.71. The number of carbonyl (C=O) groups is 2. The summed E-state index contributed by atoms with van der Waals surface area (Å²) in [6.45, 7) is 3.37. The normalized spacial score (nSPS) is 17.8.